The summed E-state index contributed by atoms with van der Waals surface area (Å²) in [5, 5.41) is 21.4. The van der Waals surface area contributed by atoms with Crippen LogP contribution in [0.4, 0.5) is 0 Å². The molecule has 0 aliphatic rings. The van der Waals surface area contributed by atoms with E-state index in [0.29, 0.717) is 17.7 Å². The van der Waals surface area contributed by atoms with Crippen molar-refractivity contribution in [2.24, 2.45) is 0 Å². The average Bonchev–Trinajstić information content (AvgIpc) is 2.35. The normalized spacial score (nSPS) is 11.9. The lowest BCUT2D eigenvalue weighted by atomic mass is 10.2. The van der Waals surface area contributed by atoms with Crippen molar-refractivity contribution in [1.82, 2.24) is 5.32 Å². The second kappa shape index (κ2) is 6.10. The van der Waals surface area contributed by atoms with Crippen molar-refractivity contribution in [3.8, 4) is 11.5 Å². The first-order valence-corrected chi connectivity index (χ1v) is 5.41. The van der Waals surface area contributed by atoms with E-state index in [1.807, 2.05) is 6.92 Å². The number of rotatable bonds is 5. The standard InChI is InChI=1S/C12H17NO4/c1-3-9(14)7-13-12(16)8-4-5-11(17-2)10(15)6-8/h4-6,9,14-15H,3,7H2,1-2H3,(H,13,16). The molecule has 0 bridgehead atoms. The number of aromatic hydroxyl groups is 1. The van der Waals surface area contributed by atoms with E-state index < -0.39 is 6.10 Å². The summed E-state index contributed by atoms with van der Waals surface area (Å²) in [5.41, 5.74) is 0.326. The Balaban J connectivity index is 2.66. The quantitative estimate of drug-likeness (QED) is 0.713. The van der Waals surface area contributed by atoms with Gasteiger partial charge in [-0.05, 0) is 24.6 Å². The number of benzene rings is 1. The second-order valence-corrected chi connectivity index (χ2v) is 3.66. The van der Waals surface area contributed by atoms with Gasteiger partial charge < -0.3 is 20.3 Å². The smallest absolute Gasteiger partial charge is 0.251 e. The lowest BCUT2D eigenvalue weighted by molar-refractivity contribution is 0.0913. The Kier molecular flexibility index (Phi) is 4.78. The van der Waals surface area contributed by atoms with E-state index in [-0.39, 0.29) is 18.2 Å². The highest BCUT2D eigenvalue weighted by atomic mass is 16.5. The largest absolute Gasteiger partial charge is 0.504 e. The van der Waals surface area contributed by atoms with Crippen LogP contribution in [0, 0.1) is 0 Å². The Morgan fingerprint density at radius 1 is 1.53 bits per heavy atom. The van der Waals surface area contributed by atoms with Gasteiger partial charge in [0, 0.05) is 12.1 Å². The number of aliphatic hydroxyl groups excluding tert-OH is 1. The number of carbonyl (C=O) groups is 1. The van der Waals surface area contributed by atoms with Gasteiger partial charge in [-0.1, -0.05) is 6.92 Å². The van der Waals surface area contributed by atoms with Crippen LogP contribution in [0.15, 0.2) is 18.2 Å². The van der Waals surface area contributed by atoms with Crippen LogP contribution >= 0.6 is 0 Å². The summed E-state index contributed by atoms with van der Waals surface area (Å²) in [7, 11) is 1.44. The van der Waals surface area contributed by atoms with E-state index in [4.69, 9.17) is 4.74 Å². The van der Waals surface area contributed by atoms with Gasteiger partial charge in [-0.15, -0.1) is 0 Å². The number of carbonyl (C=O) groups excluding carboxylic acids is 1. The third kappa shape index (κ3) is 3.64. The molecule has 0 aliphatic carbocycles. The first-order chi connectivity index (χ1) is 8.08. The Hall–Kier alpha value is -1.75. The fourth-order valence-corrected chi connectivity index (χ4v) is 1.29. The molecule has 1 amide bonds. The molecule has 94 valence electrons. The van der Waals surface area contributed by atoms with Gasteiger partial charge in [0.25, 0.3) is 5.91 Å². The van der Waals surface area contributed by atoms with E-state index in [2.05, 4.69) is 5.32 Å². The molecule has 1 rings (SSSR count). The van der Waals surface area contributed by atoms with E-state index >= 15 is 0 Å². The Bertz CT molecular complexity index is 392. The van der Waals surface area contributed by atoms with Gasteiger partial charge in [-0.25, -0.2) is 0 Å². The zero-order valence-electron chi connectivity index (χ0n) is 9.93. The number of aliphatic hydroxyl groups is 1. The molecule has 0 heterocycles. The molecule has 1 unspecified atom stereocenters. The fourth-order valence-electron chi connectivity index (χ4n) is 1.29. The molecule has 1 aromatic rings. The lowest BCUT2D eigenvalue weighted by Crippen LogP contribution is -2.31. The van der Waals surface area contributed by atoms with Crippen LogP contribution in [-0.4, -0.2) is 35.9 Å². The Morgan fingerprint density at radius 3 is 2.76 bits per heavy atom. The number of phenolic OH excluding ortho intramolecular Hbond substituents is 1. The predicted molar refractivity (Wildman–Crippen MR) is 63.3 cm³/mol. The maximum Gasteiger partial charge on any atom is 0.251 e. The molecule has 0 radical (unpaired) electrons. The number of amides is 1. The van der Waals surface area contributed by atoms with Gasteiger partial charge in [-0.2, -0.15) is 0 Å². The maximum atomic E-state index is 11.6. The van der Waals surface area contributed by atoms with Crippen LogP contribution in [0.1, 0.15) is 23.7 Å². The predicted octanol–water partition coefficient (Wildman–Crippen LogP) is 0.902. The van der Waals surface area contributed by atoms with Crippen molar-refractivity contribution in [1.29, 1.82) is 0 Å². The van der Waals surface area contributed by atoms with Crippen LogP contribution in [0.3, 0.4) is 0 Å². The Morgan fingerprint density at radius 2 is 2.24 bits per heavy atom. The van der Waals surface area contributed by atoms with Crippen LogP contribution in [0.5, 0.6) is 11.5 Å². The lowest BCUT2D eigenvalue weighted by Gasteiger charge is -2.10. The molecule has 0 aliphatic heterocycles. The summed E-state index contributed by atoms with van der Waals surface area (Å²) < 4.78 is 4.87. The van der Waals surface area contributed by atoms with E-state index in [1.54, 1.807) is 6.07 Å². The highest BCUT2D eigenvalue weighted by molar-refractivity contribution is 5.94. The Labute approximate surface area is 100 Å². The van der Waals surface area contributed by atoms with Crippen LogP contribution in [-0.2, 0) is 0 Å². The molecule has 0 saturated carbocycles. The van der Waals surface area contributed by atoms with Gasteiger partial charge in [0.2, 0.25) is 0 Å². The minimum absolute atomic E-state index is 0.0869. The van der Waals surface area contributed by atoms with E-state index in [1.165, 1.54) is 19.2 Å². The minimum Gasteiger partial charge on any atom is -0.504 e. The van der Waals surface area contributed by atoms with Gasteiger partial charge >= 0.3 is 0 Å². The highest BCUT2D eigenvalue weighted by Crippen LogP contribution is 2.25. The van der Waals surface area contributed by atoms with Gasteiger partial charge in [0.15, 0.2) is 11.5 Å². The summed E-state index contributed by atoms with van der Waals surface area (Å²) in [5.74, 6) is -0.109. The van der Waals surface area contributed by atoms with Crippen molar-refractivity contribution in [3.05, 3.63) is 23.8 Å². The molecular weight excluding hydrogens is 222 g/mol. The number of hydrogen-bond donors (Lipinski definition) is 3. The highest BCUT2D eigenvalue weighted by Gasteiger charge is 2.10. The zero-order chi connectivity index (χ0) is 12.8. The van der Waals surface area contributed by atoms with Crippen molar-refractivity contribution in [2.45, 2.75) is 19.4 Å². The van der Waals surface area contributed by atoms with Crippen LogP contribution in [0.2, 0.25) is 0 Å². The van der Waals surface area contributed by atoms with E-state index in [0.717, 1.165) is 0 Å². The molecular formula is C12H17NO4. The zero-order valence-corrected chi connectivity index (χ0v) is 9.93. The first kappa shape index (κ1) is 13.3. The van der Waals surface area contributed by atoms with Crippen LogP contribution in [0.25, 0.3) is 0 Å². The summed E-state index contributed by atoms with van der Waals surface area (Å²) >= 11 is 0. The minimum atomic E-state index is -0.550. The number of ether oxygens (including phenoxy) is 1. The third-order valence-corrected chi connectivity index (χ3v) is 2.41. The summed E-state index contributed by atoms with van der Waals surface area (Å²) in [6.07, 6.45) is 0.0273. The number of hydrogen-bond acceptors (Lipinski definition) is 4. The first-order valence-electron chi connectivity index (χ1n) is 5.41. The average molecular weight is 239 g/mol. The SMILES string of the molecule is CCC(O)CNC(=O)c1ccc(OC)c(O)c1. The fraction of sp³-hybridized carbons (Fsp3) is 0.417. The number of phenols is 1. The van der Waals surface area contributed by atoms with Gasteiger partial charge in [-0.3, -0.25) is 4.79 Å². The molecule has 3 N–H and O–H groups in total. The van der Waals surface area contributed by atoms with Crippen molar-refractivity contribution >= 4 is 5.91 Å². The second-order valence-electron chi connectivity index (χ2n) is 3.66. The van der Waals surface area contributed by atoms with E-state index in [9.17, 15) is 15.0 Å². The maximum absolute atomic E-state index is 11.6. The molecule has 0 aromatic heterocycles. The molecule has 1 aromatic carbocycles. The van der Waals surface area contributed by atoms with Crippen molar-refractivity contribution in [3.63, 3.8) is 0 Å². The molecule has 17 heavy (non-hydrogen) atoms. The molecule has 1 atom stereocenters. The molecule has 5 nitrogen and oxygen atoms in total. The number of nitrogens with one attached hydrogen (secondary N) is 1. The monoisotopic (exact) mass is 239 g/mol. The van der Waals surface area contributed by atoms with Crippen LogP contribution < -0.4 is 10.1 Å². The van der Waals surface area contributed by atoms with Crippen molar-refractivity contribution < 1.29 is 19.7 Å². The third-order valence-electron chi connectivity index (χ3n) is 2.41. The summed E-state index contributed by atoms with van der Waals surface area (Å²) in [6, 6.07) is 4.39. The molecule has 0 saturated heterocycles. The molecule has 0 spiro atoms. The van der Waals surface area contributed by atoms with Crippen molar-refractivity contribution in [2.75, 3.05) is 13.7 Å². The van der Waals surface area contributed by atoms with Gasteiger partial charge in [0.05, 0.1) is 13.2 Å². The van der Waals surface area contributed by atoms with Gasteiger partial charge in [0.1, 0.15) is 0 Å². The molecule has 5 heteroatoms. The summed E-state index contributed by atoms with van der Waals surface area (Å²) in [6.45, 7) is 2.03. The topological polar surface area (TPSA) is 78.8 Å². The molecule has 0 fully saturated rings. The number of methoxy groups -OCH3 is 1. The summed E-state index contributed by atoms with van der Waals surface area (Å²) in [4.78, 5) is 11.6.